The van der Waals surface area contributed by atoms with E-state index in [1.807, 2.05) is 23.8 Å². The van der Waals surface area contributed by atoms with Crippen LogP contribution in [0, 0.1) is 0 Å². The van der Waals surface area contributed by atoms with E-state index in [0.717, 1.165) is 31.4 Å². The van der Waals surface area contributed by atoms with Crippen LogP contribution in [0.2, 0.25) is 0 Å². The zero-order valence-corrected chi connectivity index (χ0v) is 13.7. The van der Waals surface area contributed by atoms with E-state index in [1.54, 1.807) is 18.4 Å². The molecule has 1 heterocycles. The summed E-state index contributed by atoms with van der Waals surface area (Å²) in [5.74, 6) is 1.02. The molecule has 0 fully saturated rings. The molecule has 0 aliphatic rings. The minimum absolute atomic E-state index is 0.138. The van der Waals surface area contributed by atoms with E-state index in [9.17, 15) is 4.79 Å². The summed E-state index contributed by atoms with van der Waals surface area (Å²) in [5.41, 5.74) is 3.10. The van der Waals surface area contributed by atoms with Gasteiger partial charge in [-0.3, -0.25) is 9.78 Å². The average Bonchev–Trinajstić information content (AvgIpc) is 3.05. The van der Waals surface area contributed by atoms with Crippen molar-refractivity contribution in [2.24, 2.45) is 0 Å². The van der Waals surface area contributed by atoms with Gasteiger partial charge in [0.05, 0.1) is 12.6 Å². The van der Waals surface area contributed by atoms with Gasteiger partial charge in [-0.15, -0.1) is 11.3 Å². The lowest BCUT2D eigenvalue weighted by molar-refractivity contribution is -0.121. The summed E-state index contributed by atoms with van der Waals surface area (Å²) in [7, 11) is 1.67. The minimum atomic E-state index is 0.138. The molecule has 0 aliphatic carbocycles. The van der Waals surface area contributed by atoms with Gasteiger partial charge < -0.3 is 10.1 Å². The number of ether oxygens (including phenoxy) is 1. The fraction of sp³-hybridized carbons (Fsp3) is 0.412. The highest BCUT2D eigenvalue weighted by atomic mass is 32.1. The molecule has 5 heteroatoms. The van der Waals surface area contributed by atoms with Crippen molar-refractivity contribution in [2.75, 3.05) is 13.7 Å². The number of nitrogens with zero attached hydrogens (tertiary/aromatic N) is 1. The molecule has 0 spiro atoms. The van der Waals surface area contributed by atoms with Crippen LogP contribution in [0.4, 0.5) is 0 Å². The Kier molecular flexibility index (Phi) is 6.90. The van der Waals surface area contributed by atoms with Crippen molar-refractivity contribution in [1.82, 2.24) is 10.3 Å². The molecule has 2 rings (SSSR count). The van der Waals surface area contributed by atoms with E-state index in [2.05, 4.69) is 22.4 Å². The minimum Gasteiger partial charge on any atom is -0.497 e. The van der Waals surface area contributed by atoms with Crippen molar-refractivity contribution in [3.63, 3.8) is 0 Å². The van der Waals surface area contributed by atoms with Gasteiger partial charge in [-0.05, 0) is 37.0 Å². The van der Waals surface area contributed by atoms with Gasteiger partial charge in [0.1, 0.15) is 5.75 Å². The molecular weight excluding hydrogens is 296 g/mol. The highest BCUT2D eigenvalue weighted by Gasteiger charge is 2.02. The fourth-order valence-corrected chi connectivity index (χ4v) is 2.78. The Morgan fingerprint density at radius 3 is 2.73 bits per heavy atom. The van der Waals surface area contributed by atoms with Gasteiger partial charge in [-0.1, -0.05) is 12.1 Å². The van der Waals surface area contributed by atoms with E-state index in [0.29, 0.717) is 13.0 Å². The van der Waals surface area contributed by atoms with E-state index in [1.165, 1.54) is 10.4 Å². The zero-order valence-electron chi connectivity index (χ0n) is 12.9. The van der Waals surface area contributed by atoms with E-state index in [-0.39, 0.29) is 5.91 Å². The third-order valence-electron chi connectivity index (χ3n) is 3.46. The van der Waals surface area contributed by atoms with Crippen LogP contribution in [0.1, 0.15) is 29.7 Å². The first-order valence-electron chi connectivity index (χ1n) is 7.55. The standard InChI is InChI=1S/C17H22N2O2S/c1-21-15-8-6-14(7-9-15)4-2-3-5-17(20)19-11-10-16-12-18-13-22-16/h6-9,12-13H,2-5,10-11H2,1H3,(H,19,20). The zero-order chi connectivity index (χ0) is 15.6. The Hall–Kier alpha value is -1.88. The molecule has 0 atom stereocenters. The molecule has 118 valence electrons. The summed E-state index contributed by atoms with van der Waals surface area (Å²) in [6, 6.07) is 8.10. The second-order valence-corrected chi connectivity index (χ2v) is 6.09. The molecule has 0 saturated heterocycles. The Morgan fingerprint density at radius 1 is 1.23 bits per heavy atom. The summed E-state index contributed by atoms with van der Waals surface area (Å²) < 4.78 is 5.13. The van der Waals surface area contributed by atoms with Crippen LogP contribution in [0.15, 0.2) is 36.0 Å². The maximum absolute atomic E-state index is 11.7. The normalized spacial score (nSPS) is 10.4. The molecule has 1 amide bonds. The molecular formula is C17H22N2O2S. The van der Waals surface area contributed by atoms with Crippen molar-refractivity contribution >= 4 is 17.2 Å². The number of thiazole rings is 1. The molecule has 0 radical (unpaired) electrons. The Morgan fingerprint density at radius 2 is 2.05 bits per heavy atom. The van der Waals surface area contributed by atoms with Crippen LogP contribution in [0.5, 0.6) is 5.75 Å². The lowest BCUT2D eigenvalue weighted by Crippen LogP contribution is -2.25. The number of aromatic nitrogens is 1. The number of carbonyl (C=O) groups is 1. The number of amides is 1. The van der Waals surface area contributed by atoms with Gasteiger partial charge in [-0.25, -0.2) is 0 Å². The summed E-state index contributed by atoms with van der Waals surface area (Å²) in [6.07, 6.45) is 6.25. The van der Waals surface area contributed by atoms with Crippen molar-refractivity contribution < 1.29 is 9.53 Å². The number of methoxy groups -OCH3 is 1. The van der Waals surface area contributed by atoms with Crippen LogP contribution in [-0.4, -0.2) is 24.5 Å². The van der Waals surface area contributed by atoms with Gasteiger partial charge in [0, 0.05) is 30.5 Å². The number of hydrogen-bond donors (Lipinski definition) is 1. The maximum Gasteiger partial charge on any atom is 0.220 e. The number of unbranched alkanes of at least 4 members (excludes halogenated alkanes) is 1. The smallest absolute Gasteiger partial charge is 0.220 e. The van der Waals surface area contributed by atoms with Crippen molar-refractivity contribution in [3.05, 3.63) is 46.4 Å². The first kappa shape index (κ1) is 16.5. The molecule has 0 aliphatic heterocycles. The fourth-order valence-electron chi connectivity index (χ4n) is 2.19. The summed E-state index contributed by atoms with van der Waals surface area (Å²) in [4.78, 5) is 17.0. The molecule has 1 aromatic heterocycles. The average molecular weight is 318 g/mol. The Balaban J connectivity index is 1.54. The van der Waals surface area contributed by atoms with Crippen LogP contribution >= 0.6 is 11.3 Å². The summed E-state index contributed by atoms with van der Waals surface area (Å²) in [6.45, 7) is 0.694. The number of benzene rings is 1. The third kappa shape index (κ3) is 5.85. The predicted octanol–water partition coefficient (Wildman–Crippen LogP) is 3.22. The van der Waals surface area contributed by atoms with Crippen molar-refractivity contribution in [1.29, 1.82) is 0 Å². The van der Waals surface area contributed by atoms with Gasteiger partial charge in [0.15, 0.2) is 0 Å². The van der Waals surface area contributed by atoms with Gasteiger partial charge in [-0.2, -0.15) is 0 Å². The van der Waals surface area contributed by atoms with Crippen molar-refractivity contribution in [3.8, 4) is 5.75 Å². The maximum atomic E-state index is 11.7. The van der Waals surface area contributed by atoms with Gasteiger partial charge in [0.25, 0.3) is 0 Å². The molecule has 2 aromatic rings. The van der Waals surface area contributed by atoms with Crippen LogP contribution in [-0.2, 0) is 17.6 Å². The number of carbonyl (C=O) groups excluding carboxylic acids is 1. The number of hydrogen-bond acceptors (Lipinski definition) is 4. The third-order valence-corrected chi connectivity index (χ3v) is 4.29. The van der Waals surface area contributed by atoms with Crippen molar-refractivity contribution in [2.45, 2.75) is 32.1 Å². The second kappa shape index (κ2) is 9.20. The van der Waals surface area contributed by atoms with E-state index < -0.39 is 0 Å². The molecule has 0 saturated carbocycles. The largest absolute Gasteiger partial charge is 0.497 e. The lowest BCUT2D eigenvalue weighted by atomic mass is 10.1. The molecule has 1 N–H and O–H groups in total. The monoisotopic (exact) mass is 318 g/mol. The molecule has 0 bridgehead atoms. The highest BCUT2D eigenvalue weighted by Crippen LogP contribution is 2.13. The topological polar surface area (TPSA) is 51.2 Å². The van der Waals surface area contributed by atoms with Gasteiger partial charge in [0.2, 0.25) is 5.91 Å². The number of nitrogens with one attached hydrogen (secondary N) is 1. The van der Waals surface area contributed by atoms with E-state index in [4.69, 9.17) is 4.74 Å². The number of aryl methyl sites for hydroxylation is 1. The first-order valence-corrected chi connectivity index (χ1v) is 8.43. The van der Waals surface area contributed by atoms with Crippen LogP contribution < -0.4 is 10.1 Å². The number of rotatable bonds is 9. The molecule has 4 nitrogen and oxygen atoms in total. The summed E-state index contributed by atoms with van der Waals surface area (Å²) in [5, 5.41) is 2.96. The first-order chi connectivity index (χ1) is 10.8. The van der Waals surface area contributed by atoms with Gasteiger partial charge >= 0.3 is 0 Å². The predicted molar refractivity (Wildman–Crippen MR) is 89.4 cm³/mol. The van der Waals surface area contributed by atoms with E-state index >= 15 is 0 Å². The Labute approximate surface area is 135 Å². The Bertz CT molecular complexity index is 553. The quantitative estimate of drug-likeness (QED) is 0.722. The summed E-state index contributed by atoms with van der Waals surface area (Å²) >= 11 is 1.62. The SMILES string of the molecule is COc1ccc(CCCCC(=O)NCCc2cncs2)cc1. The molecule has 0 unspecified atom stereocenters. The van der Waals surface area contributed by atoms with Crippen LogP contribution in [0.3, 0.4) is 0 Å². The highest BCUT2D eigenvalue weighted by molar-refractivity contribution is 7.09. The molecule has 1 aromatic carbocycles. The van der Waals surface area contributed by atoms with Crippen LogP contribution in [0.25, 0.3) is 0 Å². The lowest BCUT2D eigenvalue weighted by Gasteiger charge is -2.05. The second-order valence-electron chi connectivity index (χ2n) is 5.12. The molecule has 22 heavy (non-hydrogen) atoms.